The molecule has 1 aliphatic heterocycles. The van der Waals surface area contributed by atoms with Gasteiger partial charge >= 0.3 is 5.97 Å². The van der Waals surface area contributed by atoms with E-state index in [-0.39, 0.29) is 22.3 Å². The van der Waals surface area contributed by atoms with Crippen LogP contribution < -0.4 is 0 Å². The van der Waals surface area contributed by atoms with Crippen LogP contribution in [0.25, 0.3) is 0 Å². The third-order valence-electron chi connectivity index (χ3n) is 3.53. The van der Waals surface area contributed by atoms with Gasteiger partial charge in [0, 0.05) is 6.61 Å². The lowest BCUT2D eigenvalue weighted by Crippen LogP contribution is -2.15. The highest BCUT2D eigenvalue weighted by molar-refractivity contribution is 7.91. The van der Waals surface area contributed by atoms with Crippen LogP contribution in [0.4, 0.5) is 0 Å². The van der Waals surface area contributed by atoms with Gasteiger partial charge in [0.25, 0.3) is 0 Å². The second kappa shape index (κ2) is 5.93. The van der Waals surface area contributed by atoms with Crippen LogP contribution in [0.5, 0.6) is 0 Å². The normalized spacial score (nSPS) is 19.1. The summed E-state index contributed by atoms with van der Waals surface area (Å²) < 4.78 is 29.9. The molecule has 1 unspecified atom stereocenters. The third kappa shape index (κ3) is 3.37. The topological polar surface area (TPSA) is 80.7 Å². The first kappa shape index (κ1) is 15.0. The molecule has 1 saturated heterocycles. The molecule has 0 radical (unpaired) electrons. The lowest BCUT2D eigenvalue weighted by atomic mass is 10.1. The van der Waals surface area contributed by atoms with Crippen molar-refractivity contribution >= 4 is 15.8 Å². The van der Waals surface area contributed by atoms with E-state index in [1.54, 1.807) is 6.92 Å². The lowest BCUT2D eigenvalue weighted by molar-refractivity contribution is 0.0696. The van der Waals surface area contributed by atoms with Gasteiger partial charge in [-0.3, -0.25) is 0 Å². The summed E-state index contributed by atoms with van der Waals surface area (Å²) in [6.45, 7) is 2.34. The summed E-state index contributed by atoms with van der Waals surface area (Å²) in [5.41, 5.74) is 0.582. The van der Waals surface area contributed by atoms with Gasteiger partial charge in [0.1, 0.15) is 0 Å². The molecular weight excluding hydrogens is 280 g/mol. The molecule has 110 valence electrons. The average molecular weight is 298 g/mol. The fourth-order valence-electron chi connectivity index (χ4n) is 2.30. The predicted octanol–water partition coefficient (Wildman–Crippen LogP) is 2.04. The molecule has 1 atom stereocenters. The van der Waals surface area contributed by atoms with Gasteiger partial charge in [-0.05, 0) is 43.9 Å². The van der Waals surface area contributed by atoms with Crippen LogP contribution in [-0.2, 0) is 14.6 Å². The summed E-state index contributed by atoms with van der Waals surface area (Å²) in [7, 11) is -3.46. The average Bonchev–Trinajstić information content (AvgIpc) is 2.89. The summed E-state index contributed by atoms with van der Waals surface area (Å²) in [6, 6.07) is 4.23. The Hall–Kier alpha value is -1.40. The van der Waals surface area contributed by atoms with Crippen LogP contribution >= 0.6 is 0 Å². The van der Waals surface area contributed by atoms with Gasteiger partial charge in [0.15, 0.2) is 9.84 Å². The van der Waals surface area contributed by atoms with Crippen LogP contribution in [-0.4, -0.2) is 38.0 Å². The number of carbonyl (C=O) groups is 1. The van der Waals surface area contributed by atoms with Crippen molar-refractivity contribution in [3.63, 3.8) is 0 Å². The first-order valence-corrected chi connectivity index (χ1v) is 8.24. The van der Waals surface area contributed by atoms with Crippen LogP contribution in [0.3, 0.4) is 0 Å². The maximum absolute atomic E-state index is 12.2. The first-order chi connectivity index (χ1) is 9.40. The fraction of sp³-hybridized carbons (Fsp3) is 0.500. The molecule has 2 rings (SSSR count). The van der Waals surface area contributed by atoms with E-state index in [0.29, 0.717) is 18.6 Å². The van der Waals surface area contributed by atoms with Crippen molar-refractivity contribution in [2.24, 2.45) is 0 Å². The minimum absolute atomic E-state index is 0.00849. The van der Waals surface area contributed by atoms with Crippen LogP contribution in [0.2, 0.25) is 0 Å². The molecule has 0 spiro atoms. The molecular formula is C14H18O5S. The SMILES string of the molecule is Cc1ccc(S(=O)(=O)CCC2CCCO2)cc1C(=O)O. The van der Waals surface area contributed by atoms with Gasteiger partial charge < -0.3 is 9.84 Å². The summed E-state index contributed by atoms with van der Waals surface area (Å²) in [5, 5.41) is 9.04. The zero-order valence-corrected chi connectivity index (χ0v) is 12.1. The highest BCUT2D eigenvalue weighted by atomic mass is 32.2. The van der Waals surface area contributed by atoms with Crippen LogP contribution in [0.15, 0.2) is 23.1 Å². The highest BCUT2D eigenvalue weighted by Crippen LogP contribution is 2.21. The van der Waals surface area contributed by atoms with Crippen molar-refractivity contribution in [1.29, 1.82) is 0 Å². The van der Waals surface area contributed by atoms with Gasteiger partial charge in [-0.25, -0.2) is 13.2 Å². The van der Waals surface area contributed by atoms with Gasteiger partial charge in [-0.1, -0.05) is 6.07 Å². The number of carboxylic acids is 1. The summed E-state index contributed by atoms with van der Waals surface area (Å²) >= 11 is 0. The number of hydrogen-bond acceptors (Lipinski definition) is 4. The predicted molar refractivity (Wildman–Crippen MR) is 73.8 cm³/mol. The number of sulfone groups is 1. The van der Waals surface area contributed by atoms with Gasteiger partial charge in [-0.15, -0.1) is 0 Å². The van der Waals surface area contributed by atoms with Crippen LogP contribution in [0.1, 0.15) is 35.2 Å². The van der Waals surface area contributed by atoms with Crippen molar-refractivity contribution in [3.05, 3.63) is 29.3 Å². The van der Waals surface area contributed by atoms with Crippen molar-refractivity contribution in [3.8, 4) is 0 Å². The minimum atomic E-state index is -3.46. The van der Waals surface area contributed by atoms with Crippen molar-refractivity contribution in [1.82, 2.24) is 0 Å². The molecule has 1 aromatic rings. The number of aryl methyl sites for hydroxylation is 1. The summed E-state index contributed by atoms with van der Waals surface area (Å²) in [6.07, 6.45) is 2.33. The molecule has 6 heteroatoms. The molecule has 0 saturated carbocycles. The summed E-state index contributed by atoms with van der Waals surface area (Å²) in [5.74, 6) is -1.13. The standard InChI is InChI=1S/C14H18O5S/c1-10-4-5-12(9-13(10)14(15)16)20(17,18)8-6-11-3-2-7-19-11/h4-5,9,11H,2-3,6-8H2,1H3,(H,15,16). The van der Waals surface area contributed by atoms with E-state index in [4.69, 9.17) is 9.84 Å². The van der Waals surface area contributed by atoms with Crippen molar-refractivity contribution in [2.45, 2.75) is 37.2 Å². The second-order valence-corrected chi connectivity index (χ2v) is 7.13. The fourth-order valence-corrected chi connectivity index (χ4v) is 3.68. The molecule has 0 aromatic heterocycles. The molecule has 1 aromatic carbocycles. The Morgan fingerprint density at radius 1 is 1.45 bits per heavy atom. The lowest BCUT2D eigenvalue weighted by Gasteiger charge is -2.10. The maximum Gasteiger partial charge on any atom is 0.335 e. The smallest absolute Gasteiger partial charge is 0.335 e. The van der Waals surface area contributed by atoms with Gasteiger partial charge in [0.05, 0.1) is 22.3 Å². The number of hydrogen-bond donors (Lipinski definition) is 1. The minimum Gasteiger partial charge on any atom is -0.478 e. The molecule has 20 heavy (non-hydrogen) atoms. The van der Waals surface area contributed by atoms with Crippen molar-refractivity contribution < 1.29 is 23.1 Å². The number of rotatable bonds is 5. The molecule has 0 aliphatic carbocycles. The Morgan fingerprint density at radius 3 is 2.80 bits per heavy atom. The zero-order chi connectivity index (χ0) is 14.8. The van der Waals surface area contributed by atoms with Gasteiger partial charge in [0.2, 0.25) is 0 Å². The number of ether oxygens (including phenoxy) is 1. The Balaban J connectivity index is 2.16. The van der Waals surface area contributed by atoms with Gasteiger partial charge in [-0.2, -0.15) is 0 Å². The maximum atomic E-state index is 12.2. The van der Waals surface area contributed by atoms with E-state index in [1.807, 2.05) is 0 Å². The first-order valence-electron chi connectivity index (χ1n) is 6.58. The molecule has 5 nitrogen and oxygen atoms in total. The Bertz CT molecular complexity index is 600. The monoisotopic (exact) mass is 298 g/mol. The van der Waals surface area contributed by atoms with E-state index in [1.165, 1.54) is 18.2 Å². The molecule has 1 aliphatic rings. The van der Waals surface area contributed by atoms with E-state index in [9.17, 15) is 13.2 Å². The molecule has 1 fully saturated rings. The van der Waals surface area contributed by atoms with Crippen molar-refractivity contribution in [2.75, 3.05) is 12.4 Å². The molecule has 0 amide bonds. The van der Waals surface area contributed by atoms with E-state index in [2.05, 4.69) is 0 Å². The van der Waals surface area contributed by atoms with E-state index >= 15 is 0 Å². The Morgan fingerprint density at radius 2 is 2.20 bits per heavy atom. The quantitative estimate of drug-likeness (QED) is 0.899. The largest absolute Gasteiger partial charge is 0.478 e. The molecule has 1 heterocycles. The highest BCUT2D eigenvalue weighted by Gasteiger charge is 2.22. The molecule has 1 N–H and O–H groups in total. The Labute approximate surface area is 118 Å². The number of benzene rings is 1. The number of aromatic carboxylic acids is 1. The second-order valence-electron chi connectivity index (χ2n) is 5.02. The third-order valence-corrected chi connectivity index (χ3v) is 5.28. The van der Waals surface area contributed by atoms with E-state index < -0.39 is 15.8 Å². The summed E-state index contributed by atoms with van der Waals surface area (Å²) in [4.78, 5) is 11.1. The Kier molecular flexibility index (Phi) is 4.45. The molecule has 0 bridgehead atoms. The number of carboxylic acid groups (broad SMARTS) is 1. The van der Waals surface area contributed by atoms with Crippen LogP contribution in [0, 0.1) is 6.92 Å². The zero-order valence-electron chi connectivity index (χ0n) is 11.3. The van der Waals surface area contributed by atoms with E-state index in [0.717, 1.165) is 12.8 Å².